The third-order valence-corrected chi connectivity index (χ3v) is 4.26. The Morgan fingerprint density at radius 1 is 1.35 bits per heavy atom. The summed E-state index contributed by atoms with van der Waals surface area (Å²) in [6.07, 6.45) is 0. The molecule has 1 unspecified atom stereocenters. The van der Waals surface area contributed by atoms with Crippen LogP contribution in [0.3, 0.4) is 0 Å². The number of halogens is 1. The minimum absolute atomic E-state index is 0.170. The van der Waals surface area contributed by atoms with Crippen molar-refractivity contribution in [2.24, 2.45) is 0 Å². The van der Waals surface area contributed by atoms with Gasteiger partial charge in [-0.25, -0.2) is 0 Å². The summed E-state index contributed by atoms with van der Waals surface area (Å²) in [5, 5.41) is 3.31. The predicted molar refractivity (Wildman–Crippen MR) is 84.6 cm³/mol. The van der Waals surface area contributed by atoms with Crippen LogP contribution in [-0.2, 0) is 4.79 Å². The standard InChI is InChI=1S/C15H22BrN3O/c1-12(13-4-3-5-14(16)10-13)17-11-15(20)19-8-6-18(2)7-9-19/h3-5,10,12,17H,6-9,11H2,1-2H3. The number of benzene rings is 1. The molecular formula is C15H22BrN3O. The van der Waals surface area contributed by atoms with Gasteiger partial charge in [0.25, 0.3) is 0 Å². The molecule has 5 heteroatoms. The van der Waals surface area contributed by atoms with E-state index in [0.29, 0.717) is 6.54 Å². The molecule has 1 fully saturated rings. The summed E-state index contributed by atoms with van der Waals surface area (Å²) in [4.78, 5) is 16.3. The van der Waals surface area contributed by atoms with Gasteiger partial charge in [-0.1, -0.05) is 28.1 Å². The molecule has 1 aliphatic heterocycles. The number of hydrogen-bond acceptors (Lipinski definition) is 3. The largest absolute Gasteiger partial charge is 0.339 e. The highest BCUT2D eigenvalue weighted by Crippen LogP contribution is 2.17. The average molecular weight is 340 g/mol. The van der Waals surface area contributed by atoms with E-state index in [1.165, 1.54) is 5.56 Å². The molecule has 1 aromatic carbocycles. The monoisotopic (exact) mass is 339 g/mol. The van der Waals surface area contributed by atoms with Crippen LogP contribution in [-0.4, -0.2) is 55.5 Å². The van der Waals surface area contributed by atoms with E-state index < -0.39 is 0 Å². The quantitative estimate of drug-likeness (QED) is 0.909. The van der Waals surface area contributed by atoms with Gasteiger partial charge in [0.05, 0.1) is 6.54 Å². The van der Waals surface area contributed by atoms with Crippen molar-refractivity contribution in [1.29, 1.82) is 0 Å². The van der Waals surface area contributed by atoms with Crippen molar-refractivity contribution in [2.75, 3.05) is 39.8 Å². The van der Waals surface area contributed by atoms with Gasteiger partial charge in [0, 0.05) is 36.7 Å². The molecule has 0 bridgehead atoms. The second-order valence-corrected chi connectivity index (χ2v) is 6.26. The fourth-order valence-corrected chi connectivity index (χ4v) is 2.72. The van der Waals surface area contributed by atoms with Gasteiger partial charge in [0.15, 0.2) is 0 Å². The van der Waals surface area contributed by atoms with Crippen LogP contribution >= 0.6 is 15.9 Å². The van der Waals surface area contributed by atoms with Crippen molar-refractivity contribution < 1.29 is 4.79 Å². The minimum Gasteiger partial charge on any atom is -0.339 e. The molecule has 2 rings (SSSR count). The molecule has 1 saturated heterocycles. The van der Waals surface area contributed by atoms with Crippen LogP contribution in [0.1, 0.15) is 18.5 Å². The number of rotatable bonds is 4. The summed E-state index contributed by atoms with van der Waals surface area (Å²) in [5.74, 6) is 0.194. The lowest BCUT2D eigenvalue weighted by Crippen LogP contribution is -2.49. The zero-order chi connectivity index (χ0) is 14.5. The zero-order valence-corrected chi connectivity index (χ0v) is 13.7. The van der Waals surface area contributed by atoms with Gasteiger partial charge in [-0.3, -0.25) is 4.79 Å². The number of hydrogen-bond donors (Lipinski definition) is 1. The Labute approximate surface area is 129 Å². The van der Waals surface area contributed by atoms with Gasteiger partial charge in [-0.2, -0.15) is 0 Å². The average Bonchev–Trinajstić information content (AvgIpc) is 2.45. The maximum absolute atomic E-state index is 12.1. The van der Waals surface area contributed by atoms with E-state index >= 15 is 0 Å². The fourth-order valence-electron chi connectivity index (χ4n) is 2.30. The molecule has 1 amide bonds. The van der Waals surface area contributed by atoms with Crippen LogP contribution in [0.25, 0.3) is 0 Å². The van der Waals surface area contributed by atoms with E-state index in [2.05, 4.69) is 52.3 Å². The van der Waals surface area contributed by atoms with Crippen LogP contribution < -0.4 is 5.32 Å². The van der Waals surface area contributed by atoms with Crippen LogP contribution in [0.2, 0.25) is 0 Å². The van der Waals surface area contributed by atoms with Gasteiger partial charge < -0.3 is 15.1 Å². The first-order chi connectivity index (χ1) is 9.56. The SMILES string of the molecule is CC(NCC(=O)N1CCN(C)CC1)c1cccc(Br)c1. The third-order valence-electron chi connectivity index (χ3n) is 3.76. The summed E-state index contributed by atoms with van der Waals surface area (Å²) in [6.45, 7) is 6.08. The molecule has 0 aromatic heterocycles. The lowest BCUT2D eigenvalue weighted by Gasteiger charge is -2.32. The maximum Gasteiger partial charge on any atom is 0.236 e. The van der Waals surface area contributed by atoms with Gasteiger partial charge in [0.1, 0.15) is 0 Å². The molecule has 0 radical (unpaired) electrons. The van der Waals surface area contributed by atoms with Gasteiger partial charge in [0.2, 0.25) is 5.91 Å². The molecule has 1 aromatic rings. The van der Waals surface area contributed by atoms with E-state index in [-0.39, 0.29) is 11.9 Å². The summed E-state index contributed by atoms with van der Waals surface area (Å²) in [7, 11) is 2.09. The highest BCUT2D eigenvalue weighted by Gasteiger charge is 2.19. The number of piperazine rings is 1. The number of amides is 1. The first-order valence-corrected chi connectivity index (χ1v) is 7.81. The van der Waals surface area contributed by atoms with E-state index in [0.717, 1.165) is 30.7 Å². The smallest absolute Gasteiger partial charge is 0.236 e. The lowest BCUT2D eigenvalue weighted by molar-refractivity contribution is -0.131. The van der Waals surface area contributed by atoms with Crippen LogP contribution in [0, 0.1) is 0 Å². The molecule has 4 nitrogen and oxygen atoms in total. The maximum atomic E-state index is 12.1. The Hall–Kier alpha value is -0.910. The van der Waals surface area contributed by atoms with Gasteiger partial charge >= 0.3 is 0 Å². The summed E-state index contributed by atoms with van der Waals surface area (Å²) in [5.41, 5.74) is 1.19. The molecule has 1 atom stereocenters. The Morgan fingerprint density at radius 2 is 2.05 bits per heavy atom. The molecule has 1 heterocycles. The Kier molecular flexibility index (Phi) is 5.57. The number of carbonyl (C=O) groups excluding carboxylic acids is 1. The van der Waals surface area contributed by atoms with E-state index in [9.17, 15) is 4.79 Å². The lowest BCUT2D eigenvalue weighted by atomic mass is 10.1. The number of nitrogens with zero attached hydrogens (tertiary/aromatic N) is 2. The minimum atomic E-state index is 0.170. The summed E-state index contributed by atoms with van der Waals surface area (Å²) >= 11 is 3.47. The number of nitrogens with one attached hydrogen (secondary N) is 1. The van der Waals surface area contributed by atoms with Crippen molar-refractivity contribution in [3.8, 4) is 0 Å². The summed E-state index contributed by atoms with van der Waals surface area (Å²) in [6, 6.07) is 8.34. The fraction of sp³-hybridized carbons (Fsp3) is 0.533. The highest BCUT2D eigenvalue weighted by atomic mass is 79.9. The number of carbonyl (C=O) groups is 1. The van der Waals surface area contributed by atoms with Crippen LogP contribution in [0.15, 0.2) is 28.7 Å². The van der Waals surface area contributed by atoms with Crippen molar-refractivity contribution in [1.82, 2.24) is 15.1 Å². The molecular weight excluding hydrogens is 318 g/mol. The van der Waals surface area contributed by atoms with Crippen molar-refractivity contribution in [3.63, 3.8) is 0 Å². The second-order valence-electron chi connectivity index (χ2n) is 5.34. The van der Waals surface area contributed by atoms with Crippen molar-refractivity contribution in [3.05, 3.63) is 34.3 Å². The molecule has 1 N–H and O–H groups in total. The second kappa shape index (κ2) is 7.20. The van der Waals surface area contributed by atoms with E-state index in [1.807, 2.05) is 17.0 Å². The molecule has 0 aliphatic carbocycles. The van der Waals surface area contributed by atoms with Gasteiger partial charge in [-0.05, 0) is 31.7 Å². The zero-order valence-electron chi connectivity index (χ0n) is 12.1. The molecule has 110 valence electrons. The van der Waals surface area contributed by atoms with E-state index in [1.54, 1.807) is 0 Å². The molecule has 1 aliphatic rings. The first kappa shape index (κ1) is 15.5. The van der Waals surface area contributed by atoms with E-state index in [4.69, 9.17) is 0 Å². The number of likely N-dealkylation sites (N-methyl/N-ethyl adjacent to an activating group) is 1. The Bertz CT molecular complexity index is 458. The predicted octanol–water partition coefficient (Wildman–Crippen LogP) is 1.87. The molecule has 0 spiro atoms. The molecule has 20 heavy (non-hydrogen) atoms. The van der Waals surface area contributed by atoms with Crippen LogP contribution in [0.4, 0.5) is 0 Å². The first-order valence-electron chi connectivity index (χ1n) is 7.01. The van der Waals surface area contributed by atoms with Crippen molar-refractivity contribution in [2.45, 2.75) is 13.0 Å². The molecule has 0 saturated carbocycles. The Morgan fingerprint density at radius 3 is 2.70 bits per heavy atom. The Balaban J connectivity index is 1.81. The topological polar surface area (TPSA) is 35.6 Å². The van der Waals surface area contributed by atoms with Gasteiger partial charge in [-0.15, -0.1) is 0 Å². The normalized spacial score (nSPS) is 18.1. The summed E-state index contributed by atoms with van der Waals surface area (Å²) < 4.78 is 1.06. The third kappa shape index (κ3) is 4.30. The van der Waals surface area contributed by atoms with Crippen molar-refractivity contribution >= 4 is 21.8 Å². The van der Waals surface area contributed by atoms with Crippen LogP contribution in [0.5, 0.6) is 0 Å². The highest BCUT2D eigenvalue weighted by molar-refractivity contribution is 9.10.